The molecule has 1 aromatic carbocycles. The van der Waals surface area contributed by atoms with Gasteiger partial charge in [-0.15, -0.1) is 0 Å². The van der Waals surface area contributed by atoms with Crippen LogP contribution in [-0.4, -0.2) is 16.7 Å². The second-order valence-corrected chi connectivity index (χ2v) is 5.16. The summed E-state index contributed by atoms with van der Waals surface area (Å²) in [7, 11) is 0. The van der Waals surface area contributed by atoms with Gasteiger partial charge in [0.15, 0.2) is 5.82 Å². The third kappa shape index (κ3) is 4.04. The van der Waals surface area contributed by atoms with Gasteiger partial charge in [0.05, 0.1) is 0 Å². The highest BCUT2D eigenvalue weighted by molar-refractivity contribution is 6.31. The summed E-state index contributed by atoms with van der Waals surface area (Å²) < 4.78 is 5.23. The Labute approximate surface area is 118 Å². The monoisotopic (exact) mass is 279 g/mol. The van der Waals surface area contributed by atoms with E-state index in [1.165, 1.54) is 0 Å². The normalized spacial score (nSPS) is 12.6. The van der Waals surface area contributed by atoms with E-state index in [9.17, 15) is 0 Å². The average molecular weight is 280 g/mol. The van der Waals surface area contributed by atoms with Crippen molar-refractivity contribution in [1.82, 2.24) is 10.1 Å². The molecular formula is C14H18ClN3O. The van der Waals surface area contributed by atoms with Crippen molar-refractivity contribution in [3.05, 3.63) is 46.6 Å². The summed E-state index contributed by atoms with van der Waals surface area (Å²) in [5.41, 5.74) is 6.59. The fourth-order valence-corrected chi connectivity index (χ4v) is 1.97. The lowest BCUT2D eigenvalue weighted by Gasteiger charge is -2.04. The van der Waals surface area contributed by atoms with Crippen LogP contribution in [0.3, 0.4) is 0 Å². The molecule has 19 heavy (non-hydrogen) atoms. The first-order valence-corrected chi connectivity index (χ1v) is 6.81. The Morgan fingerprint density at radius 3 is 2.89 bits per heavy atom. The van der Waals surface area contributed by atoms with Crippen LogP contribution in [0.5, 0.6) is 0 Å². The second-order valence-electron chi connectivity index (χ2n) is 4.75. The van der Waals surface area contributed by atoms with Gasteiger partial charge >= 0.3 is 0 Å². The van der Waals surface area contributed by atoms with Gasteiger partial charge in [-0.3, -0.25) is 0 Å². The molecule has 0 spiro atoms. The van der Waals surface area contributed by atoms with E-state index in [-0.39, 0.29) is 0 Å². The van der Waals surface area contributed by atoms with Crippen molar-refractivity contribution in [1.29, 1.82) is 0 Å². The minimum atomic E-state index is 0.471. The van der Waals surface area contributed by atoms with Gasteiger partial charge in [-0.25, -0.2) is 0 Å². The predicted octanol–water partition coefficient (Wildman–Crippen LogP) is 2.84. The molecule has 0 aliphatic rings. The molecule has 1 aromatic heterocycles. The Morgan fingerprint density at radius 2 is 2.16 bits per heavy atom. The van der Waals surface area contributed by atoms with Crippen molar-refractivity contribution < 1.29 is 4.52 Å². The lowest BCUT2D eigenvalue weighted by Crippen LogP contribution is -2.11. The number of nitrogens with two attached hydrogens (primary N) is 1. The number of halogens is 1. The lowest BCUT2D eigenvalue weighted by molar-refractivity contribution is 0.362. The highest BCUT2D eigenvalue weighted by Gasteiger charge is 2.10. The van der Waals surface area contributed by atoms with Gasteiger partial charge in [0.2, 0.25) is 5.89 Å². The van der Waals surface area contributed by atoms with Crippen LogP contribution in [0.1, 0.15) is 30.6 Å². The third-order valence-corrected chi connectivity index (χ3v) is 3.44. The summed E-state index contributed by atoms with van der Waals surface area (Å²) in [6, 6.07) is 7.68. The van der Waals surface area contributed by atoms with Gasteiger partial charge in [-0.2, -0.15) is 4.98 Å². The minimum absolute atomic E-state index is 0.471. The number of hydrogen-bond acceptors (Lipinski definition) is 4. The van der Waals surface area contributed by atoms with Crippen molar-refractivity contribution in [2.24, 2.45) is 11.7 Å². The summed E-state index contributed by atoms with van der Waals surface area (Å²) in [5, 5.41) is 4.71. The van der Waals surface area contributed by atoms with E-state index >= 15 is 0 Å². The van der Waals surface area contributed by atoms with E-state index in [2.05, 4.69) is 17.1 Å². The third-order valence-electron chi connectivity index (χ3n) is 3.07. The molecule has 102 valence electrons. The van der Waals surface area contributed by atoms with Crippen molar-refractivity contribution in [3.63, 3.8) is 0 Å². The summed E-state index contributed by atoms with van der Waals surface area (Å²) in [4.78, 5) is 4.38. The maximum absolute atomic E-state index is 6.10. The van der Waals surface area contributed by atoms with Crippen LogP contribution < -0.4 is 5.73 Å². The smallest absolute Gasteiger partial charge is 0.226 e. The van der Waals surface area contributed by atoms with Crippen molar-refractivity contribution in [2.45, 2.75) is 26.2 Å². The first-order chi connectivity index (χ1) is 9.19. The van der Waals surface area contributed by atoms with Gasteiger partial charge in [-0.05, 0) is 30.5 Å². The Hall–Kier alpha value is -1.39. The van der Waals surface area contributed by atoms with Gasteiger partial charge in [0.1, 0.15) is 0 Å². The molecule has 2 aromatic rings. The Kier molecular flexibility index (Phi) is 4.93. The van der Waals surface area contributed by atoms with Crippen LogP contribution in [0.25, 0.3) is 0 Å². The van der Waals surface area contributed by atoms with E-state index < -0.39 is 0 Å². The van der Waals surface area contributed by atoms with Gasteiger partial charge < -0.3 is 10.3 Å². The zero-order valence-electron chi connectivity index (χ0n) is 11.0. The molecule has 0 aliphatic carbocycles. The number of nitrogens with zero attached hydrogens (tertiary/aromatic N) is 2. The molecular weight excluding hydrogens is 262 g/mol. The van der Waals surface area contributed by atoms with Crippen LogP contribution >= 0.6 is 11.6 Å². The minimum Gasteiger partial charge on any atom is -0.339 e. The molecule has 5 heteroatoms. The fraction of sp³-hybridized carbons (Fsp3) is 0.429. The van der Waals surface area contributed by atoms with Gasteiger partial charge in [-0.1, -0.05) is 41.9 Å². The topological polar surface area (TPSA) is 64.9 Å². The van der Waals surface area contributed by atoms with Gasteiger partial charge in [0.25, 0.3) is 0 Å². The molecule has 2 rings (SSSR count). The van der Waals surface area contributed by atoms with Crippen LogP contribution in [0, 0.1) is 5.92 Å². The van der Waals surface area contributed by atoms with Crippen LogP contribution in [-0.2, 0) is 12.8 Å². The molecule has 4 nitrogen and oxygen atoms in total. The van der Waals surface area contributed by atoms with Crippen molar-refractivity contribution in [3.8, 4) is 0 Å². The molecule has 0 aliphatic heterocycles. The number of aryl methyl sites for hydroxylation is 1. The van der Waals surface area contributed by atoms with E-state index in [1.54, 1.807) is 0 Å². The van der Waals surface area contributed by atoms with Gasteiger partial charge in [0, 0.05) is 17.9 Å². The second kappa shape index (κ2) is 6.68. The molecule has 1 unspecified atom stereocenters. The maximum atomic E-state index is 6.10. The lowest BCUT2D eigenvalue weighted by atomic mass is 10.1. The zero-order valence-corrected chi connectivity index (χ0v) is 11.7. The standard InChI is InChI=1S/C14H18ClN3O/c1-10(9-16)6-7-14-17-13(18-19-14)8-11-4-2-3-5-12(11)15/h2-5,10H,6-9,16H2,1H3. The molecule has 0 fully saturated rings. The summed E-state index contributed by atoms with van der Waals surface area (Å²) in [6.07, 6.45) is 2.33. The van der Waals surface area contributed by atoms with Crippen molar-refractivity contribution >= 4 is 11.6 Å². The van der Waals surface area contributed by atoms with E-state index in [4.69, 9.17) is 21.9 Å². The summed E-state index contributed by atoms with van der Waals surface area (Å²) in [5.74, 6) is 1.81. The first-order valence-electron chi connectivity index (χ1n) is 6.44. The number of hydrogen-bond donors (Lipinski definition) is 1. The maximum Gasteiger partial charge on any atom is 0.226 e. The number of rotatable bonds is 6. The van der Waals surface area contributed by atoms with Crippen LogP contribution in [0.15, 0.2) is 28.8 Å². The Morgan fingerprint density at radius 1 is 1.37 bits per heavy atom. The van der Waals surface area contributed by atoms with E-state index in [0.717, 1.165) is 23.4 Å². The molecule has 1 heterocycles. The van der Waals surface area contributed by atoms with Crippen LogP contribution in [0.2, 0.25) is 5.02 Å². The summed E-state index contributed by atoms with van der Waals surface area (Å²) >= 11 is 6.10. The molecule has 0 radical (unpaired) electrons. The SMILES string of the molecule is CC(CN)CCc1nc(Cc2ccccc2Cl)no1. The molecule has 0 saturated heterocycles. The number of benzene rings is 1. The van der Waals surface area contributed by atoms with Crippen molar-refractivity contribution in [2.75, 3.05) is 6.54 Å². The molecule has 0 bridgehead atoms. The van der Waals surface area contributed by atoms with Crippen LogP contribution in [0.4, 0.5) is 0 Å². The Bertz CT molecular complexity index is 527. The number of aromatic nitrogens is 2. The van der Waals surface area contributed by atoms with E-state index in [0.29, 0.717) is 30.6 Å². The zero-order chi connectivity index (χ0) is 13.7. The molecule has 1 atom stereocenters. The molecule has 0 saturated carbocycles. The summed E-state index contributed by atoms with van der Waals surface area (Å²) in [6.45, 7) is 2.79. The van der Waals surface area contributed by atoms with E-state index in [1.807, 2.05) is 24.3 Å². The quantitative estimate of drug-likeness (QED) is 0.883. The predicted molar refractivity (Wildman–Crippen MR) is 75.1 cm³/mol. The average Bonchev–Trinajstić information content (AvgIpc) is 2.86. The molecule has 0 amide bonds. The molecule has 2 N–H and O–H groups in total. The highest BCUT2D eigenvalue weighted by Crippen LogP contribution is 2.18. The fourth-order valence-electron chi connectivity index (χ4n) is 1.76. The first kappa shape index (κ1) is 14.0. The highest BCUT2D eigenvalue weighted by atomic mass is 35.5. The Balaban J connectivity index is 1.96. The largest absolute Gasteiger partial charge is 0.339 e.